The maximum atomic E-state index is 13.1. The number of unbranched alkanes of at least 4 members (excludes halogenated alkanes) is 9. The zero-order valence-corrected chi connectivity index (χ0v) is 23.1. The van der Waals surface area contributed by atoms with Gasteiger partial charge in [-0.2, -0.15) is 0 Å². The molecule has 2 fully saturated rings. The Labute approximate surface area is 227 Å². The minimum Gasteiger partial charge on any atom is -0.477 e. The fourth-order valence-electron chi connectivity index (χ4n) is 7.80. The van der Waals surface area contributed by atoms with Crippen LogP contribution in [0.25, 0.3) is 0 Å². The lowest BCUT2D eigenvalue weighted by atomic mass is 9.49. The lowest BCUT2D eigenvalue weighted by Gasteiger charge is -2.62. The fourth-order valence-corrected chi connectivity index (χ4v) is 7.80. The largest absolute Gasteiger partial charge is 0.477 e. The zero-order valence-electron chi connectivity index (χ0n) is 23.1. The molecule has 1 spiro atoms. The molecule has 1 aromatic carbocycles. The fraction of sp³-hybridized carbons (Fsp3) is 0.688. The lowest BCUT2D eigenvalue weighted by molar-refractivity contribution is -0.187. The molecule has 2 aliphatic heterocycles. The Hall–Kier alpha value is -2.18. The van der Waals surface area contributed by atoms with Crippen molar-refractivity contribution < 1.29 is 24.2 Å². The van der Waals surface area contributed by atoms with Gasteiger partial charge in [-0.1, -0.05) is 76.9 Å². The van der Waals surface area contributed by atoms with Gasteiger partial charge in [0.2, 0.25) is 0 Å². The number of rotatable bonds is 14. The van der Waals surface area contributed by atoms with Gasteiger partial charge in [0.15, 0.2) is 23.4 Å². The van der Waals surface area contributed by atoms with Crippen LogP contribution in [-0.2, 0) is 21.4 Å². The Bertz CT molecular complexity index is 1050. The molecule has 2 bridgehead atoms. The van der Waals surface area contributed by atoms with E-state index in [9.17, 15) is 14.7 Å². The van der Waals surface area contributed by atoms with Gasteiger partial charge in [0, 0.05) is 37.5 Å². The first-order valence-electron chi connectivity index (χ1n) is 15.1. The Morgan fingerprint density at radius 2 is 1.84 bits per heavy atom. The van der Waals surface area contributed by atoms with Crippen LogP contribution in [0.4, 0.5) is 0 Å². The summed E-state index contributed by atoms with van der Waals surface area (Å²) in [4.78, 5) is 28.2. The second kappa shape index (κ2) is 11.5. The van der Waals surface area contributed by atoms with Crippen LogP contribution in [0.3, 0.4) is 0 Å². The summed E-state index contributed by atoms with van der Waals surface area (Å²) in [6, 6.07) is 3.75. The van der Waals surface area contributed by atoms with Crippen molar-refractivity contribution in [2.75, 3.05) is 13.1 Å². The Morgan fingerprint density at radius 1 is 1.13 bits per heavy atom. The van der Waals surface area contributed by atoms with Crippen molar-refractivity contribution in [2.45, 2.75) is 126 Å². The Kier molecular flexibility index (Phi) is 8.30. The molecule has 38 heavy (non-hydrogen) atoms. The van der Waals surface area contributed by atoms with Gasteiger partial charge in [-0.25, -0.2) is 0 Å². The minimum absolute atomic E-state index is 0.0392. The molecule has 1 saturated carbocycles. The summed E-state index contributed by atoms with van der Waals surface area (Å²) in [7, 11) is 0. The van der Waals surface area contributed by atoms with E-state index in [1.807, 2.05) is 18.2 Å². The number of likely N-dealkylation sites (tertiary alicyclic amines) is 1. The monoisotopic (exact) mass is 523 g/mol. The van der Waals surface area contributed by atoms with E-state index in [4.69, 9.17) is 9.47 Å². The van der Waals surface area contributed by atoms with Gasteiger partial charge in [-0.15, -0.1) is 6.58 Å². The normalized spacial score (nSPS) is 29.1. The highest BCUT2D eigenvalue weighted by atomic mass is 16.6. The standard InChI is InChI=1S/C32H45NO5/c1-3-5-6-7-8-9-10-11-12-13-14-27(35)37-25-16-15-23-22-26-32(36)18-17-24(34)30-31(32,28(23)29(25)38-30)19-21-33(26)20-4-2/h4,15-16,26,30,36H,2-3,5-14,17-22H2,1H3/t26-,30+,31+,32+/m0/s1. The van der Waals surface area contributed by atoms with E-state index in [0.29, 0.717) is 50.1 Å². The van der Waals surface area contributed by atoms with Gasteiger partial charge < -0.3 is 14.6 Å². The van der Waals surface area contributed by atoms with Gasteiger partial charge in [0.25, 0.3) is 0 Å². The molecule has 4 atom stereocenters. The van der Waals surface area contributed by atoms with Crippen molar-refractivity contribution in [3.63, 3.8) is 0 Å². The molecule has 4 aliphatic rings. The van der Waals surface area contributed by atoms with Crippen molar-refractivity contribution in [1.29, 1.82) is 0 Å². The summed E-state index contributed by atoms with van der Waals surface area (Å²) in [6.45, 7) is 7.63. The molecule has 0 radical (unpaired) electrons. The Balaban J connectivity index is 1.24. The molecule has 0 amide bonds. The van der Waals surface area contributed by atoms with E-state index in [2.05, 4.69) is 18.4 Å². The third-order valence-corrected chi connectivity index (χ3v) is 9.68. The number of carbonyl (C=O) groups is 2. The SMILES string of the molecule is C=CCN1CC[C@@]23c4c5ccc(OC(=O)CCCCCCCCCCCC)c4O[C@@H]2C(=O)CC[C@@]3(O)[C@@H]1C5. The topological polar surface area (TPSA) is 76.1 Å². The molecule has 1 aromatic rings. The number of aliphatic hydroxyl groups is 1. The average Bonchev–Trinajstić information content (AvgIpc) is 3.26. The number of nitrogens with zero attached hydrogens (tertiary/aromatic N) is 1. The van der Waals surface area contributed by atoms with Crippen molar-refractivity contribution in [2.24, 2.45) is 0 Å². The van der Waals surface area contributed by atoms with E-state index in [0.717, 1.165) is 36.9 Å². The van der Waals surface area contributed by atoms with Gasteiger partial charge >= 0.3 is 5.97 Å². The lowest BCUT2D eigenvalue weighted by Crippen LogP contribution is -2.76. The third kappa shape index (κ3) is 4.62. The van der Waals surface area contributed by atoms with Crippen LogP contribution in [0.2, 0.25) is 0 Å². The molecule has 6 nitrogen and oxygen atoms in total. The zero-order chi connectivity index (χ0) is 26.8. The summed E-state index contributed by atoms with van der Waals surface area (Å²) in [5.41, 5.74) is 0.183. The molecule has 208 valence electrons. The third-order valence-electron chi connectivity index (χ3n) is 9.68. The van der Waals surface area contributed by atoms with E-state index in [1.54, 1.807) is 0 Å². The molecule has 5 rings (SSSR count). The highest BCUT2D eigenvalue weighted by Crippen LogP contribution is 2.64. The number of ether oxygens (including phenoxy) is 2. The van der Waals surface area contributed by atoms with E-state index in [1.165, 1.54) is 44.9 Å². The molecule has 1 N–H and O–H groups in total. The van der Waals surface area contributed by atoms with Gasteiger partial charge in [-0.3, -0.25) is 14.5 Å². The van der Waals surface area contributed by atoms with Crippen LogP contribution >= 0.6 is 0 Å². The van der Waals surface area contributed by atoms with Crippen LogP contribution in [0.5, 0.6) is 11.5 Å². The molecule has 1 saturated heterocycles. The number of hydrogen-bond acceptors (Lipinski definition) is 6. The second-order valence-corrected chi connectivity index (χ2v) is 11.9. The number of carbonyl (C=O) groups excluding carboxylic acids is 2. The summed E-state index contributed by atoms with van der Waals surface area (Å²) >= 11 is 0. The quantitative estimate of drug-likeness (QED) is 0.143. The van der Waals surface area contributed by atoms with Crippen molar-refractivity contribution in [1.82, 2.24) is 4.90 Å². The van der Waals surface area contributed by atoms with E-state index in [-0.39, 0.29) is 17.8 Å². The number of Topliss-reactive ketones (excluding diaryl/α,β-unsaturated/α-hetero) is 1. The second-order valence-electron chi connectivity index (χ2n) is 11.9. The number of esters is 1. The number of piperidine rings is 1. The minimum atomic E-state index is -1.05. The van der Waals surface area contributed by atoms with Crippen molar-refractivity contribution >= 4 is 11.8 Å². The molecule has 0 aromatic heterocycles. The van der Waals surface area contributed by atoms with Crippen LogP contribution in [-0.4, -0.2) is 52.6 Å². The molecular weight excluding hydrogens is 478 g/mol. The van der Waals surface area contributed by atoms with Gasteiger partial charge in [0.1, 0.15) is 0 Å². The predicted molar refractivity (Wildman–Crippen MR) is 148 cm³/mol. The number of benzene rings is 1. The predicted octanol–water partition coefficient (Wildman–Crippen LogP) is 5.81. The highest BCUT2D eigenvalue weighted by molar-refractivity contribution is 5.90. The first-order valence-corrected chi connectivity index (χ1v) is 15.1. The van der Waals surface area contributed by atoms with E-state index < -0.39 is 17.1 Å². The number of ketones is 1. The first-order chi connectivity index (χ1) is 18.5. The molecule has 2 heterocycles. The van der Waals surface area contributed by atoms with Crippen LogP contribution in [0.1, 0.15) is 108 Å². The molecular formula is C32H45NO5. The summed E-state index contributed by atoms with van der Waals surface area (Å²) in [5, 5.41) is 12.2. The molecule has 2 aliphatic carbocycles. The van der Waals surface area contributed by atoms with Crippen LogP contribution < -0.4 is 9.47 Å². The summed E-state index contributed by atoms with van der Waals surface area (Å²) in [6.07, 6.45) is 15.8. The van der Waals surface area contributed by atoms with Gasteiger partial charge in [0.05, 0.1) is 11.0 Å². The smallest absolute Gasteiger partial charge is 0.311 e. The van der Waals surface area contributed by atoms with Crippen molar-refractivity contribution in [3.8, 4) is 11.5 Å². The summed E-state index contributed by atoms with van der Waals surface area (Å²) < 4.78 is 12.2. The maximum Gasteiger partial charge on any atom is 0.311 e. The van der Waals surface area contributed by atoms with Crippen LogP contribution in [0.15, 0.2) is 24.8 Å². The molecule has 0 unspecified atom stereocenters. The summed E-state index contributed by atoms with van der Waals surface area (Å²) in [5.74, 6) is 0.685. The van der Waals surface area contributed by atoms with Gasteiger partial charge in [-0.05, 0) is 37.3 Å². The maximum absolute atomic E-state index is 13.1. The van der Waals surface area contributed by atoms with Crippen LogP contribution in [0, 0.1) is 0 Å². The Morgan fingerprint density at radius 3 is 2.55 bits per heavy atom. The number of hydrogen-bond donors (Lipinski definition) is 1. The average molecular weight is 524 g/mol. The first kappa shape index (κ1) is 27.4. The highest BCUT2D eigenvalue weighted by Gasteiger charge is 2.73. The molecule has 6 heteroatoms. The van der Waals surface area contributed by atoms with Crippen molar-refractivity contribution in [3.05, 3.63) is 35.9 Å². The van der Waals surface area contributed by atoms with E-state index >= 15 is 0 Å².